The van der Waals surface area contributed by atoms with Crippen molar-refractivity contribution in [2.75, 3.05) is 0 Å². The van der Waals surface area contributed by atoms with Crippen LogP contribution in [0.3, 0.4) is 0 Å². The van der Waals surface area contributed by atoms with Gasteiger partial charge in [-0.15, -0.1) is 11.8 Å². The van der Waals surface area contributed by atoms with E-state index in [0.29, 0.717) is 5.41 Å². The van der Waals surface area contributed by atoms with E-state index in [1.807, 2.05) is 18.2 Å². The maximum absolute atomic E-state index is 9.63. The lowest BCUT2D eigenvalue weighted by Gasteiger charge is -2.53. The average Bonchev–Trinajstić information content (AvgIpc) is 2.37. The van der Waals surface area contributed by atoms with Crippen LogP contribution in [0.5, 0.6) is 0 Å². The summed E-state index contributed by atoms with van der Waals surface area (Å²) in [6.07, 6.45) is 6.97. The smallest absolute Gasteiger partial charge is 0.108 e. The third-order valence-electron chi connectivity index (χ3n) is 4.19. The van der Waals surface area contributed by atoms with Crippen molar-refractivity contribution in [3.05, 3.63) is 29.3 Å². The molecule has 0 saturated heterocycles. The normalized spacial score (nSPS) is 19.1. The van der Waals surface area contributed by atoms with Gasteiger partial charge in [0.25, 0.3) is 0 Å². The third-order valence-corrected chi connectivity index (χ3v) is 5.69. The van der Waals surface area contributed by atoms with Crippen molar-refractivity contribution >= 4 is 23.4 Å². The standard InChI is InChI=1S/C17H22ClNS/c1-3-8-16(9-4-2)11-17(12-16,13-19)20-15-7-5-6-14(18)10-15/h5-7,10H,3-4,8-9,11-12H2,1-2H3. The van der Waals surface area contributed by atoms with Gasteiger partial charge in [0.15, 0.2) is 0 Å². The number of nitriles is 1. The zero-order valence-corrected chi connectivity index (χ0v) is 13.9. The van der Waals surface area contributed by atoms with Crippen molar-refractivity contribution in [1.29, 1.82) is 5.26 Å². The third kappa shape index (κ3) is 3.32. The van der Waals surface area contributed by atoms with Crippen molar-refractivity contribution in [2.45, 2.75) is 62.0 Å². The highest BCUT2D eigenvalue weighted by Crippen LogP contribution is 2.61. The second-order valence-corrected chi connectivity index (χ2v) is 7.91. The summed E-state index contributed by atoms with van der Waals surface area (Å²) in [6, 6.07) is 10.4. The molecule has 0 radical (unpaired) electrons. The highest BCUT2D eigenvalue weighted by molar-refractivity contribution is 8.01. The molecule has 1 aromatic rings. The summed E-state index contributed by atoms with van der Waals surface area (Å²) in [5, 5.41) is 10.4. The molecule has 1 aromatic carbocycles. The largest absolute Gasteiger partial charge is 0.197 e. The van der Waals surface area contributed by atoms with Crippen LogP contribution in [0.25, 0.3) is 0 Å². The molecular formula is C17H22ClNS. The highest BCUT2D eigenvalue weighted by Gasteiger charge is 2.54. The maximum atomic E-state index is 9.63. The van der Waals surface area contributed by atoms with Crippen LogP contribution < -0.4 is 0 Å². The number of thioether (sulfide) groups is 1. The molecule has 1 nitrogen and oxygen atoms in total. The van der Waals surface area contributed by atoms with Crippen LogP contribution in [0.4, 0.5) is 0 Å². The van der Waals surface area contributed by atoms with Gasteiger partial charge in [0, 0.05) is 9.92 Å². The maximum Gasteiger partial charge on any atom is 0.108 e. The zero-order valence-electron chi connectivity index (χ0n) is 12.3. The van der Waals surface area contributed by atoms with E-state index in [1.54, 1.807) is 11.8 Å². The molecule has 0 spiro atoms. The number of halogens is 1. The fraction of sp³-hybridized carbons (Fsp3) is 0.588. The van der Waals surface area contributed by atoms with Gasteiger partial charge in [-0.25, -0.2) is 0 Å². The van der Waals surface area contributed by atoms with Crippen LogP contribution in [0.1, 0.15) is 52.4 Å². The van der Waals surface area contributed by atoms with Gasteiger partial charge in [-0.1, -0.05) is 44.4 Å². The summed E-state index contributed by atoms with van der Waals surface area (Å²) in [4.78, 5) is 1.11. The lowest BCUT2D eigenvalue weighted by Crippen LogP contribution is -2.48. The lowest BCUT2D eigenvalue weighted by atomic mass is 9.58. The first-order valence-corrected chi connectivity index (χ1v) is 8.62. The van der Waals surface area contributed by atoms with Crippen molar-refractivity contribution in [3.8, 4) is 6.07 Å². The van der Waals surface area contributed by atoms with Gasteiger partial charge in [0.1, 0.15) is 4.75 Å². The van der Waals surface area contributed by atoms with Gasteiger partial charge < -0.3 is 0 Å². The average molecular weight is 308 g/mol. The summed E-state index contributed by atoms with van der Waals surface area (Å²) in [5.41, 5.74) is 0.408. The van der Waals surface area contributed by atoms with E-state index in [2.05, 4.69) is 26.0 Å². The predicted molar refractivity (Wildman–Crippen MR) is 87.1 cm³/mol. The fourth-order valence-corrected chi connectivity index (χ4v) is 5.47. The van der Waals surface area contributed by atoms with Crippen LogP contribution in [0.2, 0.25) is 5.02 Å². The molecule has 1 fully saturated rings. The minimum Gasteiger partial charge on any atom is -0.197 e. The monoisotopic (exact) mass is 307 g/mol. The second kappa shape index (κ2) is 6.41. The molecule has 0 aliphatic heterocycles. The Morgan fingerprint density at radius 2 is 1.90 bits per heavy atom. The highest BCUT2D eigenvalue weighted by atomic mass is 35.5. The molecule has 1 saturated carbocycles. The molecule has 1 aliphatic carbocycles. The van der Waals surface area contributed by atoms with Crippen LogP contribution in [-0.4, -0.2) is 4.75 Å². The number of benzene rings is 1. The Bertz CT molecular complexity index is 492. The van der Waals surface area contributed by atoms with Crippen molar-refractivity contribution in [1.82, 2.24) is 0 Å². The topological polar surface area (TPSA) is 23.8 Å². The predicted octanol–water partition coefficient (Wildman–Crippen LogP) is 6.07. The SMILES string of the molecule is CCCC1(CCC)CC(C#N)(Sc2cccc(Cl)c2)C1. The number of hydrogen-bond acceptors (Lipinski definition) is 2. The molecule has 2 rings (SSSR count). The molecule has 0 aromatic heterocycles. The van der Waals surface area contributed by atoms with E-state index in [9.17, 15) is 5.26 Å². The van der Waals surface area contributed by atoms with Gasteiger partial charge in [0.2, 0.25) is 0 Å². The molecule has 1 aliphatic rings. The Balaban J connectivity index is 2.09. The van der Waals surface area contributed by atoms with Crippen LogP contribution >= 0.6 is 23.4 Å². The molecule has 0 heterocycles. The Morgan fingerprint density at radius 1 is 1.25 bits per heavy atom. The summed E-state index contributed by atoms with van der Waals surface area (Å²) in [6.45, 7) is 4.49. The number of rotatable bonds is 6. The van der Waals surface area contributed by atoms with Crippen molar-refractivity contribution in [3.63, 3.8) is 0 Å². The van der Waals surface area contributed by atoms with Gasteiger partial charge in [0.05, 0.1) is 6.07 Å². The van der Waals surface area contributed by atoms with E-state index in [4.69, 9.17) is 11.6 Å². The summed E-state index contributed by atoms with van der Waals surface area (Å²) in [5.74, 6) is 0. The summed E-state index contributed by atoms with van der Waals surface area (Å²) in [7, 11) is 0. The van der Waals surface area contributed by atoms with E-state index >= 15 is 0 Å². The van der Waals surface area contributed by atoms with Crippen LogP contribution in [-0.2, 0) is 0 Å². The Kier molecular flexibility index (Phi) is 5.04. The molecule has 0 bridgehead atoms. The second-order valence-electron chi connectivity index (χ2n) is 6.02. The first-order valence-electron chi connectivity index (χ1n) is 7.43. The van der Waals surface area contributed by atoms with Crippen LogP contribution in [0, 0.1) is 16.7 Å². The minimum absolute atomic E-state index is 0.241. The Labute approximate surface area is 131 Å². The quantitative estimate of drug-likeness (QED) is 0.636. The first-order chi connectivity index (χ1) is 9.57. The zero-order chi connectivity index (χ0) is 14.6. The van der Waals surface area contributed by atoms with Crippen molar-refractivity contribution < 1.29 is 0 Å². The molecule has 108 valence electrons. The fourth-order valence-electron chi connectivity index (χ4n) is 3.63. The molecule has 0 N–H and O–H groups in total. The molecule has 0 unspecified atom stereocenters. The Morgan fingerprint density at radius 3 is 2.40 bits per heavy atom. The molecule has 0 atom stereocenters. The molecule has 0 amide bonds. The van der Waals surface area contributed by atoms with Gasteiger partial charge in [-0.3, -0.25) is 0 Å². The van der Waals surface area contributed by atoms with E-state index < -0.39 is 0 Å². The molecular weight excluding hydrogens is 286 g/mol. The van der Waals surface area contributed by atoms with E-state index in [1.165, 1.54) is 25.7 Å². The first kappa shape index (κ1) is 15.7. The van der Waals surface area contributed by atoms with E-state index in [0.717, 1.165) is 22.8 Å². The van der Waals surface area contributed by atoms with Gasteiger partial charge >= 0.3 is 0 Å². The minimum atomic E-state index is -0.241. The van der Waals surface area contributed by atoms with Crippen LogP contribution in [0.15, 0.2) is 29.2 Å². The number of hydrogen-bond donors (Lipinski definition) is 0. The summed E-state index contributed by atoms with van der Waals surface area (Å²) >= 11 is 7.74. The van der Waals surface area contributed by atoms with Gasteiger partial charge in [-0.2, -0.15) is 5.26 Å². The summed E-state index contributed by atoms with van der Waals surface area (Å²) < 4.78 is -0.241. The Hall–Kier alpha value is -0.650. The van der Waals surface area contributed by atoms with Gasteiger partial charge in [-0.05, 0) is 49.3 Å². The molecule has 20 heavy (non-hydrogen) atoms. The van der Waals surface area contributed by atoms with Crippen molar-refractivity contribution in [2.24, 2.45) is 5.41 Å². The molecule has 3 heteroatoms. The van der Waals surface area contributed by atoms with E-state index in [-0.39, 0.29) is 4.75 Å². The lowest BCUT2D eigenvalue weighted by molar-refractivity contribution is 0.0831. The number of nitrogens with zero attached hydrogens (tertiary/aromatic N) is 1.